The average molecular weight is 398 g/mol. The third-order valence-electron chi connectivity index (χ3n) is 5.06. The summed E-state index contributed by atoms with van der Waals surface area (Å²) in [6, 6.07) is 10.8. The number of hydrogen-bond donors (Lipinski definition) is 0. The number of amides is 2. The normalized spacial score (nSPS) is 17.2. The fourth-order valence-electron chi connectivity index (χ4n) is 3.66. The molecule has 2 aliphatic heterocycles. The van der Waals surface area contributed by atoms with Crippen LogP contribution in [0.4, 0.5) is 11.4 Å². The number of imide groups is 1. The van der Waals surface area contributed by atoms with E-state index >= 15 is 0 Å². The molecule has 2 aromatic carbocycles. The van der Waals surface area contributed by atoms with Crippen LogP contribution in [0.15, 0.2) is 47.4 Å². The molecule has 0 bridgehead atoms. The number of sulfonamides is 1. The SMILES string of the molecule is Cc1cccc2c1N(S(=O)(=O)c1ccc(N3C(=O)CCC3=O)cc1)CCC2=O. The minimum absolute atomic E-state index is 0.0406. The van der Waals surface area contributed by atoms with Crippen molar-refractivity contribution in [3.8, 4) is 0 Å². The largest absolute Gasteiger partial charge is 0.294 e. The van der Waals surface area contributed by atoms with Crippen molar-refractivity contribution in [1.29, 1.82) is 0 Å². The van der Waals surface area contributed by atoms with Gasteiger partial charge in [-0.05, 0) is 42.8 Å². The topological polar surface area (TPSA) is 91.8 Å². The number of benzene rings is 2. The van der Waals surface area contributed by atoms with Crippen LogP contribution in [-0.4, -0.2) is 32.6 Å². The molecule has 0 saturated carbocycles. The molecular formula is C20H18N2O5S. The minimum Gasteiger partial charge on any atom is -0.294 e. The highest BCUT2D eigenvalue weighted by Gasteiger charge is 2.34. The van der Waals surface area contributed by atoms with Gasteiger partial charge < -0.3 is 0 Å². The van der Waals surface area contributed by atoms with Gasteiger partial charge in [-0.2, -0.15) is 0 Å². The first kappa shape index (κ1) is 18.4. The Morgan fingerprint density at radius 3 is 2.14 bits per heavy atom. The van der Waals surface area contributed by atoms with Crippen LogP contribution in [0.3, 0.4) is 0 Å². The molecule has 0 aromatic heterocycles. The smallest absolute Gasteiger partial charge is 0.264 e. The molecule has 7 nitrogen and oxygen atoms in total. The Morgan fingerprint density at radius 2 is 1.50 bits per heavy atom. The summed E-state index contributed by atoms with van der Waals surface area (Å²) in [6.45, 7) is 1.84. The summed E-state index contributed by atoms with van der Waals surface area (Å²) in [5.74, 6) is -0.661. The molecule has 0 aliphatic carbocycles. The molecule has 2 amide bonds. The quantitative estimate of drug-likeness (QED) is 0.741. The Morgan fingerprint density at radius 1 is 0.857 bits per heavy atom. The van der Waals surface area contributed by atoms with Crippen LogP contribution in [0.25, 0.3) is 0 Å². The van der Waals surface area contributed by atoms with Gasteiger partial charge in [0.1, 0.15) is 0 Å². The van der Waals surface area contributed by atoms with Gasteiger partial charge >= 0.3 is 0 Å². The first-order valence-electron chi connectivity index (χ1n) is 8.92. The number of anilines is 2. The molecule has 2 aromatic rings. The van der Waals surface area contributed by atoms with Crippen LogP contribution in [-0.2, 0) is 19.6 Å². The highest BCUT2D eigenvalue weighted by atomic mass is 32.2. The first-order chi connectivity index (χ1) is 13.3. The number of rotatable bonds is 3. The Kier molecular flexibility index (Phi) is 4.30. The summed E-state index contributed by atoms with van der Waals surface area (Å²) >= 11 is 0. The fraction of sp³-hybridized carbons (Fsp3) is 0.250. The molecule has 8 heteroatoms. The van der Waals surface area contributed by atoms with E-state index in [0.29, 0.717) is 22.5 Å². The van der Waals surface area contributed by atoms with E-state index in [1.807, 2.05) is 0 Å². The van der Waals surface area contributed by atoms with Crippen molar-refractivity contribution in [2.45, 2.75) is 31.1 Å². The second-order valence-corrected chi connectivity index (χ2v) is 8.70. The lowest BCUT2D eigenvalue weighted by Crippen LogP contribution is -2.38. The number of carbonyl (C=O) groups excluding carboxylic acids is 3. The van der Waals surface area contributed by atoms with Crippen LogP contribution in [0.2, 0.25) is 0 Å². The summed E-state index contributed by atoms with van der Waals surface area (Å²) in [4.78, 5) is 37.1. The minimum atomic E-state index is -3.90. The predicted molar refractivity (Wildman–Crippen MR) is 103 cm³/mol. The molecule has 0 atom stereocenters. The van der Waals surface area contributed by atoms with Crippen LogP contribution >= 0.6 is 0 Å². The molecule has 0 N–H and O–H groups in total. The van der Waals surface area contributed by atoms with Gasteiger partial charge in [-0.3, -0.25) is 23.6 Å². The molecular weight excluding hydrogens is 380 g/mol. The molecule has 2 heterocycles. The maximum absolute atomic E-state index is 13.2. The Bertz CT molecular complexity index is 1090. The number of ketones is 1. The summed E-state index contributed by atoms with van der Waals surface area (Å²) in [6.07, 6.45) is 0.443. The molecule has 0 radical (unpaired) electrons. The van der Waals surface area contributed by atoms with Crippen LogP contribution < -0.4 is 9.21 Å². The van der Waals surface area contributed by atoms with Gasteiger partial charge in [0.25, 0.3) is 10.0 Å². The Hall–Kier alpha value is -3.00. The Labute approximate surface area is 162 Å². The molecule has 1 fully saturated rings. The van der Waals surface area contributed by atoms with Gasteiger partial charge in [0.15, 0.2) is 5.78 Å². The average Bonchev–Trinajstić information content (AvgIpc) is 3.01. The number of nitrogens with zero attached hydrogens (tertiary/aromatic N) is 2. The lowest BCUT2D eigenvalue weighted by atomic mass is 9.99. The molecule has 0 spiro atoms. The zero-order chi connectivity index (χ0) is 20.1. The third kappa shape index (κ3) is 2.80. The van der Waals surface area contributed by atoms with E-state index < -0.39 is 10.0 Å². The Balaban J connectivity index is 1.72. The maximum atomic E-state index is 13.2. The summed E-state index contributed by atoms with van der Waals surface area (Å²) in [5, 5.41) is 0. The highest BCUT2D eigenvalue weighted by Crippen LogP contribution is 2.35. The van der Waals surface area contributed by atoms with Crippen LogP contribution in [0.5, 0.6) is 0 Å². The van der Waals surface area contributed by atoms with Crippen molar-refractivity contribution in [2.75, 3.05) is 15.7 Å². The van der Waals surface area contributed by atoms with Gasteiger partial charge in [0, 0.05) is 31.4 Å². The third-order valence-corrected chi connectivity index (χ3v) is 6.88. The van der Waals surface area contributed by atoms with Gasteiger partial charge in [-0.15, -0.1) is 0 Å². The number of aryl methyl sites for hydroxylation is 1. The summed E-state index contributed by atoms with van der Waals surface area (Å²) < 4.78 is 27.7. The van der Waals surface area contributed by atoms with Crippen molar-refractivity contribution < 1.29 is 22.8 Å². The standard InChI is InChI=1S/C20H18N2O5S/c1-13-3-2-4-16-17(23)11-12-21(20(13)16)28(26,27)15-7-5-14(6-8-15)22-18(24)9-10-19(22)25/h2-8H,9-12H2,1H3. The number of Topliss-reactive ketones (excluding diaryl/α,β-unsaturated/α-hetero) is 1. The number of fused-ring (bicyclic) bond motifs is 1. The van der Waals surface area contributed by atoms with E-state index in [9.17, 15) is 22.8 Å². The highest BCUT2D eigenvalue weighted by molar-refractivity contribution is 7.92. The fourth-order valence-corrected chi connectivity index (χ4v) is 5.21. The molecule has 1 saturated heterocycles. The van der Waals surface area contributed by atoms with Crippen molar-refractivity contribution in [2.24, 2.45) is 0 Å². The van der Waals surface area contributed by atoms with Gasteiger partial charge in [-0.25, -0.2) is 8.42 Å². The maximum Gasteiger partial charge on any atom is 0.264 e. The number of hydrogen-bond acceptors (Lipinski definition) is 5. The number of para-hydroxylation sites is 1. The molecule has 2 aliphatic rings. The van der Waals surface area contributed by atoms with Gasteiger partial charge in [0.2, 0.25) is 11.8 Å². The van der Waals surface area contributed by atoms with E-state index in [2.05, 4.69) is 0 Å². The van der Waals surface area contributed by atoms with Crippen molar-refractivity contribution in [3.05, 3.63) is 53.6 Å². The van der Waals surface area contributed by atoms with Gasteiger partial charge in [0.05, 0.1) is 16.3 Å². The second kappa shape index (κ2) is 6.56. The zero-order valence-corrected chi connectivity index (χ0v) is 16.0. The molecule has 0 unspecified atom stereocenters. The summed E-state index contributed by atoms with van der Waals surface area (Å²) in [5.41, 5.74) is 1.88. The monoisotopic (exact) mass is 398 g/mol. The van der Waals surface area contributed by atoms with Crippen molar-refractivity contribution >= 4 is 39.0 Å². The lowest BCUT2D eigenvalue weighted by molar-refractivity contribution is -0.121. The molecule has 28 heavy (non-hydrogen) atoms. The predicted octanol–water partition coefficient (Wildman–Crippen LogP) is 2.43. The van der Waals surface area contributed by atoms with Crippen LogP contribution in [0, 0.1) is 6.92 Å². The van der Waals surface area contributed by atoms with Crippen molar-refractivity contribution in [3.63, 3.8) is 0 Å². The summed E-state index contributed by atoms with van der Waals surface area (Å²) in [7, 11) is -3.90. The van der Waals surface area contributed by atoms with E-state index in [0.717, 1.165) is 4.90 Å². The van der Waals surface area contributed by atoms with Gasteiger partial charge in [-0.1, -0.05) is 12.1 Å². The van der Waals surface area contributed by atoms with E-state index in [1.165, 1.54) is 28.6 Å². The first-order valence-corrected chi connectivity index (χ1v) is 10.4. The number of carbonyl (C=O) groups is 3. The van der Waals surface area contributed by atoms with Crippen LogP contribution in [0.1, 0.15) is 35.2 Å². The molecule has 4 rings (SSSR count). The zero-order valence-electron chi connectivity index (χ0n) is 15.2. The van der Waals surface area contributed by atoms with E-state index in [4.69, 9.17) is 0 Å². The second-order valence-electron chi connectivity index (χ2n) is 6.84. The van der Waals surface area contributed by atoms with E-state index in [1.54, 1.807) is 25.1 Å². The lowest BCUT2D eigenvalue weighted by Gasteiger charge is -2.31. The molecule has 144 valence electrons. The van der Waals surface area contributed by atoms with E-state index in [-0.39, 0.29) is 48.3 Å². The van der Waals surface area contributed by atoms with Crippen molar-refractivity contribution in [1.82, 2.24) is 0 Å².